The van der Waals surface area contributed by atoms with Crippen LogP contribution in [0.4, 0.5) is 5.82 Å². The number of amides is 1. The fraction of sp³-hybridized carbons (Fsp3) is 0.192. The summed E-state index contributed by atoms with van der Waals surface area (Å²) in [5.41, 5.74) is 7.77. The van der Waals surface area contributed by atoms with Gasteiger partial charge in [0.15, 0.2) is 0 Å². The lowest BCUT2D eigenvalue weighted by atomic mass is 10.2. The number of nitrogens with two attached hydrogens (primary N) is 1. The zero-order valence-electron chi connectivity index (χ0n) is 19.8. The number of aliphatic hydroxyl groups is 1. The Bertz CT molecular complexity index is 1340. The summed E-state index contributed by atoms with van der Waals surface area (Å²) in [6, 6.07) is 15.4. The number of nitriles is 1. The van der Waals surface area contributed by atoms with Crippen molar-refractivity contribution in [2.75, 3.05) is 12.3 Å². The van der Waals surface area contributed by atoms with Gasteiger partial charge in [0.1, 0.15) is 23.1 Å². The maximum absolute atomic E-state index is 13.3. The standard InChI is InChI=1S/C26H25N5O4S/c1-17(31(16-33)15-20-14-29-18(2)30-25(20)28)24(10-11-32)36-26(34)22-8-3-4-9-23(22)35-21-7-5-6-19(12-21)13-27/h3-9,12,14,16,32H,10-11,15H2,1-2H3,(H2,28,29,30). The summed E-state index contributed by atoms with van der Waals surface area (Å²) in [6.45, 7) is 3.31. The number of anilines is 1. The number of nitrogens with zero attached hydrogens (tertiary/aromatic N) is 4. The molecule has 1 heterocycles. The minimum absolute atomic E-state index is 0.111. The number of carbonyl (C=O) groups is 2. The molecule has 0 aliphatic rings. The molecule has 1 aromatic heterocycles. The predicted octanol–water partition coefficient (Wildman–Crippen LogP) is 4.18. The van der Waals surface area contributed by atoms with E-state index in [9.17, 15) is 14.7 Å². The molecule has 9 nitrogen and oxygen atoms in total. The van der Waals surface area contributed by atoms with E-state index in [1.807, 2.05) is 0 Å². The lowest BCUT2D eigenvalue weighted by molar-refractivity contribution is -0.116. The molecule has 3 rings (SSSR count). The molecular formula is C26H25N5O4S. The van der Waals surface area contributed by atoms with E-state index in [0.717, 1.165) is 11.8 Å². The fourth-order valence-electron chi connectivity index (χ4n) is 3.27. The van der Waals surface area contributed by atoms with Crippen LogP contribution in [0, 0.1) is 18.3 Å². The zero-order valence-corrected chi connectivity index (χ0v) is 20.7. The molecule has 10 heteroatoms. The van der Waals surface area contributed by atoms with E-state index in [2.05, 4.69) is 16.0 Å². The van der Waals surface area contributed by atoms with Crippen LogP contribution in [0.15, 0.2) is 65.3 Å². The van der Waals surface area contributed by atoms with Gasteiger partial charge < -0.3 is 20.5 Å². The third-order valence-electron chi connectivity index (χ3n) is 5.17. The number of benzene rings is 2. The van der Waals surface area contributed by atoms with Crippen molar-refractivity contribution >= 4 is 29.1 Å². The van der Waals surface area contributed by atoms with Crippen molar-refractivity contribution in [3.63, 3.8) is 0 Å². The summed E-state index contributed by atoms with van der Waals surface area (Å²) in [5.74, 6) is 1.53. The monoisotopic (exact) mass is 503 g/mol. The van der Waals surface area contributed by atoms with Gasteiger partial charge in [-0.3, -0.25) is 9.59 Å². The van der Waals surface area contributed by atoms with Crippen LogP contribution in [0.25, 0.3) is 0 Å². The number of hydrogen-bond donors (Lipinski definition) is 2. The summed E-state index contributed by atoms with van der Waals surface area (Å²) in [6.07, 6.45) is 2.36. The average Bonchev–Trinajstić information content (AvgIpc) is 2.88. The summed E-state index contributed by atoms with van der Waals surface area (Å²) in [7, 11) is 0. The summed E-state index contributed by atoms with van der Waals surface area (Å²) in [5, 5.41) is 18.4. The number of allylic oxidation sites excluding steroid dienone is 1. The number of hydrogen-bond acceptors (Lipinski definition) is 9. The first-order valence-corrected chi connectivity index (χ1v) is 11.8. The van der Waals surface area contributed by atoms with Crippen LogP contribution >= 0.6 is 11.8 Å². The summed E-state index contributed by atoms with van der Waals surface area (Å²) >= 11 is 0.909. The Morgan fingerprint density at radius 1 is 1.28 bits per heavy atom. The molecule has 0 aliphatic heterocycles. The maximum atomic E-state index is 13.3. The molecule has 184 valence electrons. The van der Waals surface area contributed by atoms with Crippen molar-refractivity contribution in [1.82, 2.24) is 14.9 Å². The fourth-order valence-corrected chi connectivity index (χ4v) is 4.23. The molecule has 3 N–H and O–H groups in total. The summed E-state index contributed by atoms with van der Waals surface area (Å²) in [4.78, 5) is 35.4. The van der Waals surface area contributed by atoms with E-state index in [1.165, 1.54) is 4.90 Å². The molecule has 0 bridgehead atoms. The number of aromatic nitrogens is 2. The molecule has 0 saturated carbocycles. The van der Waals surface area contributed by atoms with Gasteiger partial charge in [0, 0.05) is 35.4 Å². The Labute approximate surface area is 213 Å². The molecule has 1 amide bonds. The Morgan fingerprint density at radius 2 is 2.06 bits per heavy atom. The highest BCUT2D eigenvalue weighted by atomic mass is 32.2. The number of aryl methyl sites for hydroxylation is 1. The Balaban J connectivity index is 1.87. The van der Waals surface area contributed by atoms with Crippen molar-refractivity contribution in [2.45, 2.75) is 26.8 Å². The number of nitrogen functional groups attached to an aromatic ring is 1. The van der Waals surface area contributed by atoms with E-state index in [-0.39, 0.29) is 30.5 Å². The molecule has 0 spiro atoms. The second-order valence-electron chi connectivity index (χ2n) is 7.67. The molecule has 2 aromatic carbocycles. The third kappa shape index (κ3) is 6.69. The smallest absolute Gasteiger partial charge is 0.227 e. The number of aliphatic hydroxyl groups excluding tert-OH is 1. The van der Waals surface area contributed by atoms with Gasteiger partial charge in [-0.05, 0) is 55.9 Å². The lowest BCUT2D eigenvalue weighted by Gasteiger charge is -2.22. The minimum atomic E-state index is -0.325. The third-order valence-corrected chi connectivity index (χ3v) is 6.32. The molecule has 0 saturated heterocycles. The topological polar surface area (TPSA) is 142 Å². The van der Waals surface area contributed by atoms with Crippen LogP contribution < -0.4 is 10.5 Å². The number of rotatable bonds is 10. The number of thioether (sulfide) groups is 1. The van der Waals surface area contributed by atoms with Crippen LogP contribution in [0.5, 0.6) is 11.5 Å². The first kappa shape index (κ1) is 26.4. The molecule has 3 aromatic rings. The Morgan fingerprint density at radius 3 is 2.75 bits per heavy atom. The second-order valence-corrected chi connectivity index (χ2v) is 8.74. The van der Waals surface area contributed by atoms with Gasteiger partial charge in [-0.15, -0.1) is 0 Å². The van der Waals surface area contributed by atoms with Gasteiger partial charge in [0.2, 0.25) is 11.5 Å². The highest BCUT2D eigenvalue weighted by molar-refractivity contribution is 8.17. The lowest BCUT2D eigenvalue weighted by Crippen LogP contribution is -2.22. The van der Waals surface area contributed by atoms with Crippen molar-refractivity contribution in [3.8, 4) is 17.6 Å². The van der Waals surface area contributed by atoms with Crippen LogP contribution in [0.3, 0.4) is 0 Å². The normalized spacial score (nSPS) is 11.3. The van der Waals surface area contributed by atoms with Crippen molar-refractivity contribution in [2.24, 2.45) is 0 Å². The van der Waals surface area contributed by atoms with Gasteiger partial charge in [-0.1, -0.05) is 18.2 Å². The second kappa shape index (κ2) is 12.5. The zero-order chi connectivity index (χ0) is 26.1. The molecule has 0 radical (unpaired) electrons. The average molecular weight is 504 g/mol. The maximum Gasteiger partial charge on any atom is 0.227 e. The highest BCUT2D eigenvalue weighted by Gasteiger charge is 2.20. The quantitative estimate of drug-likeness (QED) is 0.390. The SMILES string of the molecule is CC(=C(CCO)SC(=O)c1ccccc1Oc1cccc(C#N)c1)N(C=O)Cc1cnc(C)nc1N. The van der Waals surface area contributed by atoms with Crippen molar-refractivity contribution in [3.05, 3.63) is 87.8 Å². The Kier molecular flexibility index (Phi) is 9.16. The molecular weight excluding hydrogens is 478 g/mol. The van der Waals surface area contributed by atoms with Crippen LogP contribution in [-0.4, -0.2) is 38.1 Å². The largest absolute Gasteiger partial charge is 0.457 e. The van der Waals surface area contributed by atoms with E-state index in [4.69, 9.17) is 15.7 Å². The van der Waals surface area contributed by atoms with E-state index in [0.29, 0.717) is 51.0 Å². The number of para-hydroxylation sites is 1. The van der Waals surface area contributed by atoms with Crippen LogP contribution in [0.2, 0.25) is 0 Å². The first-order valence-electron chi connectivity index (χ1n) is 11.0. The van der Waals surface area contributed by atoms with E-state index in [1.54, 1.807) is 68.6 Å². The van der Waals surface area contributed by atoms with E-state index >= 15 is 0 Å². The van der Waals surface area contributed by atoms with Gasteiger partial charge in [-0.2, -0.15) is 5.26 Å². The molecule has 36 heavy (non-hydrogen) atoms. The first-order chi connectivity index (χ1) is 17.4. The van der Waals surface area contributed by atoms with Crippen LogP contribution in [0.1, 0.15) is 40.7 Å². The molecule has 0 unspecified atom stereocenters. The molecule has 0 aliphatic carbocycles. The molecule has 0 atom stereocenters. The van der Waals surface area contributed by atoms with Crippen molar-refractivity contribution in [1.29, 1.82) is 5.26 Å². The molecule has 0 fully saturated rings. The van der Waals surface area contributed by atoms with Gasteiger partial charge in [-0.25, -0.2) is 9.97 Å². The van der Waals surface area contributed by atoms with E-state index < -0.39 is 0 Å². The van der Waals surface area contributed by atoms with Gasteiger partial charge in [0.25, 0.3) is 0 Å². The van der Waals surface area contributed by atoms with Gasteiger partial charge in [0.05, 0.1) is 23.7 Å². The number of carbonyl (C=O) groups excluding carboxylic acids is 2. The van der Waals surface area contributed by atoms with Crippen molar-refractivity contribution < 1.29 is 19.4 Å². The van der Waals surface area contributed by atoms with Gasteiger partial charge >= 0.3 is 0 Å². The number of ether oxygens (including phenoxy) is 1. The predicted molar refractivity (Wildman–Crippen MR) is 137 cm³/mol. The minimum Gasteiger partial charge on any atom is -0.457 e. The summed E-state index contributed by atoms with van der Waals surface area (Å²) < 4.78 is 5.90. The van der Waals surface area contributed by atoms with Crippen LogP contribution in [-0.2, 0) is 11.3 Å². The highest BCUT2D eigenvalue weighted by Crippen LogP contribution is 2.34. The Hall–Kier alpha value is -4.20.